The lowest BCUT2D eigenvalue weighted by Gasteiger charge is -2.41. The third-order valence-corrected chi connectivity index (χ3v) is 3.55. The molecule has 1 N–H and O–H groups in total. The number of hydrogen-bond acceptors (Lipinski definition) is 1. The molecule has 0 spiro atoms. The van der Waals surface area contributed by atoms with Crippen molar-refractivity contribution >= 4 is 0 Å². The molecular formula is C12H24O. The SMILES string of the molecule is CC(O)C1CCCCC1C(C)(C)C. The summed E-state index contributed by atoms with van der Waals surface area (Å²) < 4.78 is 0. The summed E-state index contributed by atoms with van der Waals surface area (Å²) >= 11 is 0. The molecule has 1 aliphatic carbocycles. The van der Waals surface area contributed by atoms with E-state index >= 15 is 0 Å². The number of rotatable bonds is 1. The van der Waals surface area contributed by atoms with Crippen LogP contribution < -0.4 is 0 Å². The molecule has 1 nitrogen and oxygen atoms in total. The van der Waals surface area contributed by atoms with Crippen molar-refractivity contribution < 1.29 is 5.11 Å². The second-order valence-corrected chi connectivity index (χ2v) is 5.66. The van der Waals surface area contributed by atoms with Crippen molar-refractivity contribution in [1.29, 1.82) is 0 Å². The molecule has 0 aliphatic heterocycles. The first-order valence-corrected chi connectivity index (χ1v) is 5.61. The zero-order chi connectivity index (χ0) is 10.1. The summed E-state index contributed by atoms with van der Waals surface area (Å²) in [7, 11) is 0. The fourth-order valence-electron chi connectivity index (χ4n) is 2.81. The van der Waals surface area contributed by atoms with Crippen molar-refractivity contribution in [1.82, 2.24) is 0 Å². The molecule has 3 unspecified atom stereocenters. The Morgan fingerprint density at radius 2 is 1.69 bits per heavy atom. The minimum atomic E-state index is -0.121. The third-order valence-electron chi connectivity index (χ3n) is 3.55. The molecule has 0 aromatic heterocycles. The molecule has 0 amide bonds. The van der Waals surface area contributed by atoms with Gasteiger partial charge in [0, 0.05) is 0 Å². The van der Waals surface area contributed by atoms with E-state index in [1.54, 1.807) is 0 Å². The predicted molar refractivity (Wildman–Crippen MR) is 56.6 cm³/mol. The lowest BCUT2D eigenvalue weighted by Crippen LogP contribution is -2.36. The molecule has 0 bridgehead atoms. The van der Waals surface area contributed by atoms with Gasteiger partial charge in [0.05, 0.1) is 6.10 Å². The van der Waals surface area contributed by atoms with Gasteiger partial charge in [-0.15, -0.1) is 0 Å². The molecule has 0 aromatic carbocycles. The van der Waals surface area contributed by atoms with E-state index in [4.69, 9.17) is 0 Å². The van der Waals surface area contributed by atoms with Crippen molar-refractivity contribution in [2.24, 2.45) is 17.3 Å². The summed E-state index contributed by atoms with van der Waals surface area (Å²) in [5.74, 6) is 1.25. The van der Waals surface area contributed by atoms with Crippen molar-refractivity contribution in [3.05, 3.63) is 0 Å². The Hall–Kier alpha value is -0.0400. The Labute approximate surface area is 82.5 Å². The van der Waals surface area contributed by atoms with E-state index in [0.717, 1.165) is 0 Å². The molecule has 78 valence electrons. The highest BCUT2D eigenvalue weighted by Crippen LogP contribution is 2.43. The van der Waals surface area contributed by atoms with Gasteiger partial charge in [0.1, 0.15) is 0 Å². The van der Waals surface area contributed by atoms with E-state index in [-0.39, 0.29) is 6.10 Å². The largest absolute Gasteiger partial charge is 0.393 e. The molecule has 0 saturated heterocycles. The van der Waals surface area contributed by atoms with Crippen LogP contribution in [-0.2, 0) is 0 Å². The Balaban J connectivity index is 2.67. The highest BCUT2D eigenvalue weighted by Gasteiger charge is 2.36. The zero-order valence-corrected chi connectivity index (χ0v) is 9.51. The van der Waals surface area contributed by atoms with Crippen LogP contribution in [0.15, 0.2) is 0 Å². The second kappa shape index (κ2) is 4.00. The normalized spacial score (nSPS) is 33.0. The van der Waals surface area contributed by atoms with Crippen LogP contribution in [-0.4, -0.2) is 11.2 Å². The van der Waals surface area contributed by atoms with Gasteiger partial charge < -0.3 is 5.11 Å². The standard InChI is InChI=1S/C12H24O/c1-9(13)10-7-5-6-8-11(10)12(2,3)4/h9-11,13H,5-8H2,1-4H3. The Bertz CT molecular complexity index is 155. The van der Waals surface area contributed by atoms with Crippen molar-refractivity contribution in [2.75, 3.05) is 0 Å². The molecule has 1 saturated carbocycles. The van der Waals surface area contributed by atoms with Crippen LogP contribution in [0.1, 0.15) is 53.4 Å². The number of hydrogen-bond donors (Lipinski definition) is 1. The molecule has 3 atom stereocenters. The summed E-state index contributed by atoms with van der Waals surface area (Å²) in [4.78, 5) is 0. The lowest BCUT2D eigenvalue weighted by molar-refractivity contribution is 0.0128. The van der Waals surface area contributed by atoms with Crippen LogP contribution in [0.2, 0.25) is 0 Å². The number of aliphatic hydroxyl groups excluding tert-OH is 1. The minimum Gasteiger partial charge on any atom is -0.393 e. The Kier molecular flexibility index (Phi) is 3.39. The molecule has 1 rings (SSSR count). The molecular weight excluding hydrogens is 160 g/mol. The van der Waals surface area contributed by atoms with Crippen LogP contribution in [0, 0.1) is 17.3 Å². The maximum absolute atomic E-state index is 9.71. The summed E-state index contributed by atoms with van der Waals surface area (Å²) in [6.07, 6.45) is 5.07. The van der Waals surface area contributed by atoms with Crippen molar-refractivity contribution in [3.8, 4) is 0 Å². The topological polar surface area (TPSA) is 20.2 Å². The highest BCUT2D eigenvalue weighted by molar-refractivity contribution is 4.86. The summed E-state index contributed by atoms with van der Waals surface area (Å²) in [6, 6.07) is 0. The Morgan fingerprint density at radius 1 is 1.15 bits per heavy atom. The van der Waals surface area contributed by atoms with Gasteiger partial charge in [-0.1, -0.05) is 33.6 Å². The van der Waals surface area contributed by atoms with Gasteiger partial charge in [-0.2, -0.15) is 0 Å². The Morgan fingerprint density at radius 3 is 2.08 bits per heavy atom. The van der Waals surface area contributed by atoms with Crippen molar-refractivity contribution in [2.45, 2.75) is 59.5 Å². The second-order valence-electron chi connectivity index (χ2n) is 5.66. The smallest absolute Gasteiger partial charge is 0.0543 e. The zero-order valence-electron chi connectivity index (χ0n) is 9.51. The fraction of sp³-hybridized carbons (Fsp3) is 1.00. The van der Waals surface area contributed by atoms with Crippen LogP contribution >= 0.6 is 0 Å². The molecule has 0 heterocycles. The average Bonchev–Trinajstić information content (AvgIpc) is 2.03. The predicted octanol–water partition coefficient (Wildman–Crippen LogP) is 3.22. The first-order valence-electron chi connectivity index (χ1n) is 5.61. The average molecular weight is 184 g/mol. The first-order chi connectivity index (χ1) is 5.93. The van der Waals surface area contributed by atoms with E-state index in [0.29, 0.717) is 17.3 Å². The highest BCUT2D eigenvalue weighted by atomic mass is 16.3. The van der Waals surface area contributed by atoms with E-state index in [1.807, 2.05) is 6.92 Å². The quantitative estimate of drug-likeness (QED) is 0.663. The van der Waals surface area contributed by atoms with Gasteiger partial charge in [-0.3, -0.25) is 0 Å². The van der Waals surface area contributed by atoms with E-state index in [9.17, 15) is 5.11 Å². The van der Waals surface area contributed by atoms with Gasteiger partial charge in [0.2, 0.25) is 0 Å². The molecule has 1 fully saturated rings. The molecule has 0 aromatic rings. The van der Waals surface area contributed by atoms with Gasteiger partial charge in [-0.25, -0.2) is 0 Å². The van der Waals surface area contributed by atoms with Gasteiger partial charge in [-0.05, 0) is 37.0 Å². The van der Waals surface area contributed by atoms with Crippen LogP contribution in [0.5, 0.6) is 0 Å². The maximum Gasteiger partial charge on any atom is 0.0543 e. The van der Waals surface area contributed by atoms with Crippen molar-refractivity contribution in [3.63, 3.8) is 0 Å². The molecule has 1 aliphatic rings. The summed E-state index contributed by atoms with van der Waals surface area (Å²) in [6.45, 7) is 8.86. The van der Waals surface area contributed by atoms with Crippen LogP contribution in [0.4, 0.5) is 0 Å². The maximum atomic E-state index is 9.71. The third kappa shape index (κ3) is 2.70. The van der Waals surface area contributed by atoms with E-state index < -0.39 is 0 Å². The van der Waals surface area contributed by atoms with Gasteiger partial charge >= 0.3 is 0 Å². The molecule has 0 radical (unpaired) electrons. The minimum absolute atomic E-state index is 0.121. The van der Waals surface area contributed by atoms with E-state index in [1.165, 1.54) is 25.7 Å². The van der Waals surface area contributed by atoms with Crippen LogP contribution in [0.25, 0.3) is 0 Å². The van der Waals surface area contributed by atoms with Crippen LogP contribution in [0.3, 0.4) is 0 Å². The summed E-state index contributed by atoms with van der Waals surface area (Å²) in [5, 5.41) is 9.71. The molecule has 1 heteroatoms. The number of aliphatic hydroxyl groups is 1. The summed E-state index contributed by atoms with van der Waals surface area (Å²) in [5.41, 5.74) is 0.363. The fourth-order valence-corrected chi connectivity index (χ4v) is 2.81. The lowest BCUT2D eigenvalue weighted by atomic mass is 9.65. The van der Waals surface area contributed by atoms with Gasteiger partial charge in [0.25, 0.3) is 0 Å². The van der Waals surface area contributed by atoms with Gasteiger partial charge in [0.15, 0.2) is 0 Å². The first kappa shape index (κ1) is 11.0. The van der Waals surface area contributed by atoms with E-state index in [2.05, 4.69) is 20.8 Å². The molecule has 13 heavy (non-hydrogen) atoms. The monoisotopic (exact) mass is 184 g/mol.